The Bertz CT molecular complexity index is 854. The molecule has 3 N–H and O–H groups in total. The van der Waals surface area contributed by atoms with E-state index in [4.69, 9.17) is 17.3 Å². The van der Waals surface area contributed by atoms with Gasteiger partial charge in [0.15, 0.2) is 0 Å². The lowest BCUT2D eigenvalue weighted by molar-refractivity contribution is 0.232. The molecule has 0 heterocycles. The second-order valence-electron chi connectivity index (χ2n) is 5.47. The number of alkyl halides is 1. The van der Waals surface area contributed by atoms with Crippen LogP contribution in [-0.4, -0.2) is 24.3 Å². The van der Waals surface area contributed by atoms with Crippen LogP contribution in [0.15, 0.2) is 53.4 Å². The first-order valence-corrected chi connectivity index (χ1v) is 9.55. The SMILES string of the molecule is CCC(Cl)N(C(=O)Nc1ccccc1N)S(=O)(=O)c1ccc(C)cc1. The Balaban J connectivity index is 2.40. The number of anilines is 2. The Labute approximate surface area is 152 Å². The zero-order valence-corrected chi connectivity index (χ0v) is 15.5. The van der Waals surface area contributed by atoms with Crippen LogP contribution in [0.4, 0.5) is 16.2 Å². The smallest absolute Gasteiger partial charge is 0.337 e. The summed E-state index contributed by atoms with van der Waals surface area (Å²) in [4.78, 5) is 12.6. The molecule has 8 heteroatoms. The van der Waals surface area contributed by atoms with Crippen LogP contribution >= 0.6 is 11.6 Å². The summed E-state index contributed by atoms with van der Waals surface area (Å²) in [7, 11) is -4.11. The number of carbonyl (C=O) groups excluding carboxylic acids is 1. The summed E-state index contributed by atoms with van der Waals surface area (Å²) in [5, 5.41) is 2.51. The molecular formula is C17H20ClN3O3S. The first kappa shape index (κ1) is 19.1. The standard InChI is InChI=1S/C17H20ClN3O3S/c1-3-16(18)21(17(22)20-15-7-5-4-6-14(15)19)25(23,24)13-10-8-12(2)9-11-13/h4-11,16H,3,19H2,1-2H3,(H,20,22). The minimum atomic E-state index is -4.11. The lowest BCUT2D eigenvalue weighted by Crippen LogP contribution is -2.44. The van der Waals surface area contributed by atoms with Gasteiger partial charge in [-0.25, -0.2) is 13.2 Å². The molecule has 0 saturated heterocycles. The average molecular weight is 382 g/mol. The summed E-state index contributed by atoms with van der Waals surface area (Å²) in [5.41, 5.74) is 6.32. The van der Waals surface area contributed by atoms with Crippen LogP contribution in [0.2, 0.25) is 0 Å². The number of carbonyl (C=O) groups is 1. The molecule has 2 aromatic rings. The molecule has 2 amide bonds. The van der Waals surface area contributed by atoms with E-state index in [1.54, 1.807) is 43.3 Å². The van der Waals surface area contributed by atoms with Gasteiger partial charge in [-0.2, -0.15) is 4.31 Å². The van der Waals surface area contributed by atoms with Gasteiger partial charge in [0.05, 0.1) is 16.3 Å². The molecule has 0 bridgehead atoms. The number of nitrogen functional groups attached to an aromatic ring is 1. The van der Waals surface area contributed by atoms with Gasteiger partial charge in [0.2, 0.25) is 0 Å². The zero-order chi connectivity index (χ0) is 18.6. The minimum absolute atomic E-state index is 0.00613. The normalized spacial score (nSPS) is 12.4. The quantitative estimate of drug-likeness (QED) is 0.468. The average Bonchev–Trinajstić information content (AvgIpc) is 2.57. The number of para-hydroxylation sites is 2. The van der Waals surface area contributed by atoms with Crippen molar-refractivity contribution in [1.82, 2.24) is 4.31 Å². The van der Waals surface area contributed by atoms with Crippen molar-refractivity contribution >= 4 is 39.0 Å². The zero-order valence-electron chi connectivity index (χ0n) is 13.9. The Kier molecular flexibility index (Phi) is 5.92. The highest BCUT2D eigenvalue weighted by molar-refractivity contribution is 7.89. The lowest BCUT2D eigenvalue weighted by atomic mass is 10.2. The number of urea groups is 1. The molecule has 0 fully saturated rings. The van der Waals surface area contributed by atoms with Crippen molar-refractivity contribution < 1.29 is 13.2 Å². The number of nitrogens with one attached hydrogen (secondary N) is 1. The molecular weight excluding hydrogens is 362 g/mol. The Hall–Kier alpha value is -2.25. The molecule has 1 unspecified atom stereocenters. The van der Waals surface area contributed by atoms with Crippen LogP contribution in [0.3, 0.4) is 0 Å². The number of halogens is 1. The number of sulfonamides is 1. The van der Waals surface area contributed by atoms with Crippen LogP contribution in [-0.2, 0) is 10.0 Å². The maximum absolute atomic E-state index is 12.9. The summed E-state index contributed by atoms with van der Waals surface area (Å²) in [6, 6.07) is 11.9. The van der Waals surface area contributed by atoms with Crippen LogP contribution in [0.25, 0.3) is 0 Å². The Morgan fingerprint density at radius 2 is 1.80 bits per heavy atom. The second-order valence-corrected chi connectivity index (χ2v) is 7.79. The highest BCUT2D eigenvalue weighted by atomic mass is 35.5. The third-order valence-electron chi connectivity index (χ3n) is 3.57. The van der Waals surface area contributed by atoms with E-state index in [1.807, 2.05) is 6.92 Å². The van der Waals surface area contributed by atoms with Gasteiger partial charge in [-0.1, -0.05) is 48.4 Å². The van der Waals surface area contributed by atoms with E-state index < -0.39 is 21.6 Å². The monoisotopic (exact) mass is 381 g/mol. The lowest BCUT2D eigenvalue weighted by Gasteiger charge is -2.26. The van der Waals surface area contributed by atoms with Gasteiger partial charge >= 0.3 is 6.03 Å². The molecule has 0 aliphatic rings. The first-order chi connectivity index (χ1) is 11.8. The Morgan fingerprint density at radius 3 is 2.36 bits per heavy atom. The minimum Gasteiger partial charge on any atom is -0.397 e. The third-order valence-corrected chi connectivity index (χ3v) is 6.00. The molecule has 2 rings (SSSR count). The fourth-order valence-corrected chi connectivity index (χ4v) is 3.98. The largest absolute Gasteiger partial charge is 0.397 e. The molecule has 6 nitrogen and oxygen atoms in total. The van der Waals surface area contributed by atoms with Gasteiger partial charge in [-0.3, -0.25) is 0 Å². The van der Waals surface area contributed by atoms with E-state index in [9.17, 15) is 13.2 Å². The maximum Gasteiger partial charge on any atom is 0.337 e. The predicted octanol–water partition coefficient (Wildman–Crippen LogP) is 3.77. The van der Waals surface area contributed by atoms with E-state index in [-0.39, 0.29) is 11.3 Å². The number of nitrogens with two attached hydrogens (primary N) is 1. The van der Waals surface area contributed by atoms with Crippen LogP contribution in [0, 0.1) is 6.92 Å². The van der Waals surface area contributed by atoms with Gasteiger partial charge in [0.1, 0.15) is 5.50 Å². The summed E-state index contributed by atoms with van der Waals surface area (Å²) >= 11 is 6.15. The van der Waals surface area contributed by atoms with Gasteiger partial charge in [0, 0.05) is 0 Å². The van der Waals surface area contributed by atoms with E-state index in [0.717, 1.165) is 5.56 Å². The molecule has 0 aliphatic carbocycles. The molecule has 2 aromatic carbocycles. The van der Waals surface area contributed by atoms with E-state index in [1.165, 1.54) is 12.1 Å². The number of aryl methyl sites for hydroxylation is 1. The molecule has 0 aliphatic heterocycles. The number of benzene rings is 2. The van der Waals surface area contributed by atoms with E-state index in [2.05, 4.69) is 5.32 Å². The van der Waals surface area contributed by atoms with Crippen LogP contribution in [0.1, 0.15) is 18.9 Å². The number of rotatable bonds is 5. The molecule has 134 valence electrons. The number of nitrogens with zero attached hydrogens (tertiary/aromatic N) is 1. The van der Waals surface area contributed by atoms with Gasteiger partial charge < -0.3 is 11.1 Å². The topological polar surface area (TPSA) is 92.5 Å². The fraction of sp³-hybridized carbons (Fsp3) is 0.235. The van der Waals surface area contributed by atoms with Crippen molar-refractivity contribution in [2.24, 2.45) is 0 Å². The van der Waals surface area contributed by atoms with Gasteiger partial charge in [-0.05, 0) is 37.6 Å². The molecule has 1 atom stereocenters. The molecule has 0 aromatic heterocycles. The number of hydrogen-bond acceptors (Lipinski definition) is 4. The third kappa shape index (κ3) is 4.24. The molecule has 0 spiro atoms. The predicted molar refractivity (Wildman–Crippen MR) is 100 cm³/mol. The van der Waals surface area contributed by atoms with Crippen molar-refractivity contribution in [2.45, 2.75) is 30.7 Å². The van der Waals surface area contributed by atoms with Crippen molar-refractivity contribution in [3.63, 3.8) is 0 Å². The van der Waals surface area contributed by atoms with Crippen molar-refractivity contribution in [3.05, 3.63) is 54.1 Å². The van der Waals surface area contributed by atoms with Crippen molar-refractivity contribution in [1.29, 1.82) is 0 Å². The number of amides is 2. The molecule has 0 radical (unpaired) electrons. The van der Waals surface area contributed by atoms with E-state index >= 15 is 0 Å². The van der Waals surface area contributed by atoms with Gasteiger partial charge in [0.25, 0.3) is 10.0 Å². The van der Waals surface area contributed by atoms with Crippen molar-refractivity contribution in [2.75, 3.05) is 11.1 Å². The summed E-state index contributed by atoms with van der Waals surface area (Å²) in [6.45, 7) is 3.54. The van der Waals surface area contributed by atoms with Crippen LogP contribution in [0.5, 0.6) is 0 Å². The van der Waals surface area contributed by atoms with Crippen LogP contribution < -0.4 is 11.1 Å². The van der Waals surface area contributed by atoms with Gasteiger partial charge in [-0.15, -0.1) is 0 Å². The fourth-order valence-electron chi connectivity index (χ4n) is 2.16. The summed E-state index contributed by atoms with van der Waals surface area (Å²) < 4.78 is 26.5. The summed E-state index contributed by atoms with van der Waals surface area (Å²) in [6.07, 6.45) is 0.254. The molecule has 0 saturated carbocycles. The molecule has 25 heavy (non-hydrogen) atoms. The number of hydrogen-bond donors (Lipinski definition) is 2. The summed E-state index contributed by atoms with van der Waals surface area (Å²) in [5.74, 6) is 0. The highest BCUT2D eigenvalue weighted by Gasteiger charge is 2.34. The Morgan fingerprint density at radius 1 is 1.20 bits per heavy atom. The van der Waals surface area contributed by atoms with E-state index in [0.29, 0.717) is 15.7 Å². The van der Waals surface area contributed by atoms with Crippen molar-refractivity contribution in [3.8, 4) is 0 Å². The maximum atomic E-state index is 12.9. The first-order valence-electron chi connectivity index (χ1n) is 7.68. The second kappa shape index (κ2) is 7.76. The highest BCUT2D eigenvalue weighted by Crippen LogP contribution is 2.25.